The van der Waals surface area contributed by atoms with Crippen LogP contribution in [0.4, 0.5) is 0 Å². The third-order valence-corrected chi connectivity index (χ3v) is 9.67. The molecular formula is C41H62N6O7. The molecule has 13 heteroatoms. The molecule has 0 saturated carbocycles. The molecule has 0 radical (unpaired) electrons. The van der Waals surface area contributed by atoms with Gasteiger partial charge in [-0.15, -0.1) is 0 Å². The molecule has 2 bridgehead atoms. The Kier molecular flexibility index (Phi) is 17.9. The van der Waals surface area contributed by atoms with Crippen molar-refractivity contribution in [2.45, 2.75) is 117 Å². The maximum Gasteiger partial charge on any atom is 0.243 e. The van der Waals surface area contributed by atoms with Gasteiger partial charge in [0.2, 0.25) is 29.5 Å². The van der Waals surface area contributed by atoms with Crippen LogP contribution in [-0.4, -0.2) is 90.7 Å². The summed E-state index contributed by atoms with van der Waals surface area (Å²) < 4.78 is 5.84. The molecule has 7 atom stereocenters. The van der Waals surface area contributed by atoms with Crippen molar-refractivity contribution in [2.24, 2.45) is 17.8 Å². The fourth-order valence-electron chi connectivity index (χ4n) is 6.32. The van der Waals surface area contributed by atoms with E-state index >= 15 is 0 Å². The maximum atomic E-state index is 13.9. The molecule has 5 amide bonds. The Morgan fingerprint density at radius 3 is 2.20 bits per heavy atom. The van der Waals surface area contributed by atoms with E-state index in [0.29, 0.717) is 38.2 Å². The van der Waals surface area contributed by atoms with Crippen LogP contribution in [0.15, 0.2) is 54.6 Å². The van der Waals surface area contributed by atoms with E-state index in [0.717, 1.165) is 11.1 Å². The van der Waals surface area contributed by atoms with Crippen LogP contribution in [0.5, 0.6) is 5.75 Å². The Labute approximate surface area is 320 Å². The van der Waals surface area contributed by atoms with Gasteiger partial charge < -0.3 is 41.7 Å². The van der Waals surface area contributed by atoms with Crippen LogP contribution in [0.25, 0.3) is 0 Å². The molecule has 2 aromatic carbocycles. The predicted octanol–water partition coefficient (Wildman–Crippen LogP) is 2.40. The van der Waals surface area contributed by atoms with E-state index in [1.165, 1.54) is 6.92 Å². The molecule has 2 aliphatic rings. The lowest BCUT2D eigenvalue weighted by molar-refractivity contribution is -0.133. The number of carbonyl (C=O) groups excluding carboxylic acids is 5. The minimum Gasteiger partial charge on any atom is -0.494 e. The van der Waals surface area contributed by atoms with Gasteiger partial charge in [-0.2, -0.15) is 0 Å². The highest BCUT2D eigenvalue weighted by Crippen LogP contribution is 2.16. The number of amides is 5. The number of rotatable bonds is 16. The van der Waals surface area contributed by atoms with Crippen LogP contribution in [0.3, 0.4) is 0 Å². The van der Waals surface area contributed by atoms with E-state index < -0.39 is 48.1 Å². The standard InChI is InChI=1S/C41H62N6O7/c1-8-27(6)37-40(52)42-19-12-20-54-31-17-15-30(16-18-31)23-33(38(50)47-37)43-24-35(49)32(22-29-13-10-9-11-14-29)45-41(53)36(26(4)5)46-39(51)34(21-25(2)3)44-28(7)48/h9-11,13-18,25-27,32-37,43,49H,8,12,19-24H2,1-7H3,(H,42,52)(H,44,48)(H,45,53)(H,46,51)(H,47,50)/t27?,32-,33-,34-,35+,36-,37-/m0/s1. The molecule has 2 aromatic rings. The fraction of sp³-hybridized carbons (Fsp3) is 0.585. The third-order valence-electron chi connectivity index (χ3n) is 9.67. The van der Waals surface area contributed by atoms with Crippen molar-refractivity contribution in [1.82, 2.24) is 31.9 Å². The Balaban J connectivity index is 1.86. The Hall–Kier alpha value is -4.49. The molecule has 7 N–H and O–H groups in total. The monoisotopic (exact) mass is 750 g/mol. The lowest BCUT2D eigenvalue weighted by atomic mass is 9.96. The number of hydrogen-bond acceptors (Lipinski definition) is 8. The SMILES string of the molecule is CCC(C)[C@@H]1NC(=O)[C@@H](NC[C@@H](O)[C@H](Cc2ccccc2)NC(=O)[C@@H](NC(=O)[C@H](CC(C)C)NC(C)=O)C(C)C)Cc2ccc(cc2)OCCCNC1=O. The molecule has 2 heterocycles. The molecule has 0 spiro atoms. The zero-order valence-corrected chi connectivity index (χ0v) is 32.9. The maximum absolute atomic E-state index is 13.9. The zero-order valence-electron chi connectivity index (χ0n) is 32.9. The van der Waals surface area contributed by atoms with Gasteiger partial charge in [-0.05, 0) is 66.7 Å². The summed E-state index contributed by atoms with van der Waals surface area (Å²) in [6.07, 6.45) is 1.04. The molecule has 0 aliphatic carbocycles. The highest BCUT2D eigenvalue weighted by atomic mass is 16.5. The van der Waals surface area contributed by atoms with Gasteiger partial charge in [-0.1, -0.05) is 90.4 Å². The van der Waals surface area contributed by atoms with Crippen molar-refractivity contribution >= 4 is 29.5 Å². The first-order chi connectivity index (χ1) is 25.7. The second-order valence-electron chi connectivity index (χ2n) is 15.2. The van der Waals surface area contributed by atoms with Crippen molar-refractivity contribution in [3.8, 4) is 5.75 Å². The van der Waals surface area contributed by atoms with Gasteiger partial charge in [-0.25, -0.2) is 0 Å². The van der Waals surface area contributed by atoms with E-state index in [1.807, 2.05) is 96.1 Å². The number of carbonyl (C=O) groups is 5. The predicted molar refractivity (Wildman–Crippen MR) is 208 cm³/mol. The molecule has 0 saturated heterocycles. The molecule has 0 fully saturated rings. The van der Waals surface area contributed by atoms with Crippen LogP contribution in [0.1, 0.15) is 78.9 Å². The molecule has 2 aliphatic heterocycles. The van der Waals surface area contributed by atoms with Gasteiger partial charge in [0.15, 0.2) is 0 Å². The van der Waals surface area contributed by atoms with Gasteiger partial charge in [0.1, 0.15) is 23.9 Å². The highest BCUT2D eigenvalue weighted by Gasteiger charge is 2.33. The smallest absolute Gasteiger partial charge is 0.243 e. The number of aliphatic hydroxyl groups excluding tert-OH is 1. The molecule has 13 nitrogen and oxygen atoms in total. The summed E-state index contributed by atoms with van der Waals surface area (Å²) in [5.74, 6) is -1.60. The lowest BCUT2D eigenvalue weighted by Gasteiger charge is -2.31. The molecule has 1 unspecified atom stereocenters. The number of fused-ring (bicyclic) bond motifs is 12. The first-order valence-electron chi connectivity index (χ1n) is 19.3. The number of nitrogens with one attached hydrogen (secondary N) is 6. The number of aliphatic hydroxyl groups is 1. The molecule has 4 rings (SSSR count). The summed E-state index contributed by atoms with van der Waals surface area (Å²) in [5.41, 5.74) is 1.72. The summed E-state index contributed by atoms with van der Waals surface area (Å²) in [6, 6.07) is 12.7. The summed E-state index contributed by atoms with van der Waals surface area (Å²) in [7, 11) is 0. The first kappa shape index (κ1) is 43.9. The normalized spacial score (nSPS) is 19.5. The second kappa shape index (κ2) is 22.0. The summed E-state index contributed by atoms with van der Waals surface area (Å²) in [6.45, 7) is 13.5. The fourth-order valence-corrected chi connectivity index (χ4v) is 6.32. The van der Waals surface area contributed by atoms with E-state index in [1.54, 1.807) is 0 Å². The molecule has 54 heavy (non-hydrogen) atoms. The minimum absolute atomic E-state index is 0.0744. The summed E-state index contributed by atoms with van der Waals surface area (Å²) >= 11 is 0. The van der Waals surface area contributed by atoms with E-state index in [2.05, 4.69) is 31.9 Å². The molecular weight excluding hydrogens is 688 g/mol. The number of benzene rings is 2. The highest BCUT2D eigenvalue weighted by molar-refractivity contribution is 5.92. The first-order valence-corrected chi connectivity index (χ1v) is 19.3. The Bertz CT molecular complexity index is 1500. The van der Waals surface area contributed by atoms with Crippen molar-refractivity contribution < 1.29 is 33.8 Å². The van der Waals surface area contributed by atoms with Crippen molar-refractivity contribution in [1.29, 1.82) is 0 Å². The summed E-state index contributed by atoms with van der Waals surface area (Å²) in [4.78, 5) is 66.3. The van der Waals surface area contributed by atoms with Crippen LogP contribution >= 0.6 is 0 Å². The quantitative estimate of drug-likeness (QED) is 0.136. The van der Waals surface area contributed by atoms with E-state index in [9.17, 15) is 29.1 Å². The summed E-state index contributed by atoms with van der Waals surface area (Å²) in [5, 5.41) is 29.3. The van der Waals surface area contributed by atoms with Gasteiger partial charge in [-0.3, -0.25) is 24.0 Å². The van der Waals surface area contributed by atoms with E-state index in [4.69, 9.17) is 4.74 Å². The second-order valence-corrected chi connectivity index (χ2v) is 15.2. The molecule has 0 aromatic heterocycles. The minimum atomic E-state index is -1.17. The number of hydrogen-bond donors (Lipinski definition) is 7. The van der Waals surface area contributed by atoms with Crippen LogP contribution in [-0.2, 0) is 36.8 Å². The van der Waals surface area contributed by atoms with Gasteiger partial charge in [0.05, 0.1) is 24.8 Å². The largest absolute Gasteiger partial charge is 0.494 e. The van der Waals surface area contributed by atoms with Crippen LogP contribution in [0, 0.1) is 17.8 Å². The van der Waals surface area contributed by atoms with Crippen LogP contribution < -0.4 is 36.6 Å². The van der Waals surface area contributed by atoms with Crippen molar-refractivity contribution in [3.05, 3.63) is 65.7 Å². The average molecular weight is 751 g/mol. The van der Waals surface area contributed by atoms with Gasteiger partial charge >= 0.3 is 0 Å². The van der Waals surface area contributed by atoms with E-state index in [-0.39, 0.29) is 54.9 Å². The number of ether oxygens (including phenoxy) is 1. The molecule has 298 valence electrons. The van der Waals surface area contributed by atoms with Gasteiger partial charge in [0, 0.05) is 20.0 Å². The van der Waals surface area contributed by atoms with Crippen molar-refractivity contribution in [2.75, 3.05) is 19.7 Å². The van der Waals surface area contributed by atoms with Crippen LogP contribution in [0.2, 0.25) is 0 Å². The third kappa shape index (κ3) is 14.4. The Morgan fingerprint density at radius 1 is 0.907 bits per heavy atom. The Morgan fingerprint density at radius 2 is 1.59 bits per heavy atom. The average Bonchev–Trinajstić information content (AvgIpc) is 3.13. The van der Waals surface area contributed by atoms with Crippen molar-refractivity contribution in [3.63, 3.8) is 0 Å². The lowest BCUT2D eigenvalue weighted by Crippen LogP contribution is -2.60. The zero-order chi connectivity index (χ0) is 39.8. The van der Waals surface area contributed by atoms with Gasteiger partial charge in [0.25, 0.3) is 0 Å². The topological polar surface area (TPSA) is 187 Å².